The van der Waals surface area contributed by atoms with Gasteiger partial charge in [0.15, 0.2) is 8.68 Å². The van der Waals surface area contributed by atoms with E-state index in [1.54, 1.807) is 34.4 Å². The van der Waals surface area contributed by atoms with Crippen molar-refractivity contribution in [3.05, 3.63) is 57.8 Å². The lowest BCUT2D eigenvalue weighted by Gasteiger charge is -2.11. The molecule has 1 aromatic carbocycles. The van der Waals surface area contributed by atoms with Gasteiger partial charge in [-0.2, -0.15) is 0 Å². The zero-order chi connectivity index (χ0) is 19.9. The number of benzene rings is 1. The Labute approximate surface area is 182 Å². The summed E-state index contributed by atoms with van der Waals surface area (Å²) in [5.74, 6) is 1.79. The number of hydrogen-bond acceptors (Lipinski definition) is 7. The molecule has 4 nitrogen and oxygen atoms in total. The van der Waals surface area contributed by atoms with Crippen LogP contribution in [0.2, 0.25) is 0 Å². The van der Waals surface area contributed by atoms with Gasteiger partial charge < -0.3 is 5.32 Å². The van der Waals surface area contributed by atoms with Crippen LogP contribution in [0.15, 0.2) is 50.5 Å². The Kier molecular flexibility index (Phi) is 7.96. The third-order valence-corrected chi connectivity index (χ3v) is 8.39. The first kappa shape index (κ1) is 21.4. The predicted octanol–water partition coefficient (Wildman–Crippen LogP) is 5.98. The van der Waals surface area contributed by atoms with Gasteiger partial charge in [0, 0.05) is 10.6 Å². The molecule has 148 valence electrons. The summed E-state index contributed by atoms with van der Waals surface area (Å²) in [5.41, 5.74) is 2.63. The van der Waals surface area contributed by atoms with Crippen molar-refractivity contribution >= 4 is 52.1 Å². The fourth-order valence-corrected chi connectivity index (χ4v) is 6.00. The molecular formula is C20H23N3OS4. The molecule has 3 aromatic rings. The van der Waals surface area contributed by atoms with Gasteiger partial charge in [0.25, 0.3) is 0 Å². The lowest BCUT2D eigenvalue weighted by atomic mass is 10.0. The molecule has 2 aromatic heterocycles. The van der Waals surface area contributed by atoms with Gasteiger partial charge in [0.2, 0.25) is 5.91 Å². The quantitative estimate of drug-likeness (QED) is 0.407. The first-order valence-electron chi connectivity index (χ1n) is 9.02. The zero-order valence-corrected chi connectivity index (χ0v) is 19.3. The number of thiophene rings is 1. The summed E-state index contributed by atoms with van der Waals surface area (Å²) in [6, 6.07) is 12.8. The molecule has 0 bridgehead atoms. The van der Waals surface area contributed by atoms with Crippen LogP contribution in [-0.4, -0.2) is 21.9 Å². The van der Waals surface area contributed by atoms with Crippen molar-refractivity contribution in [3.63, 3.8) is 0 Å². The van der Waals surface area contributed by atoms with E-state index >= 15 is 0 Å². The van der Waals surface area contributed by atoms with Crippen LogP contribution in [0.4, 0.5) is 0 Å². The standard InChI is InChI=1S/C20H23N3OS4/c1-13(2)16-8-6-15(7-9-16)11-26-19-22-23-20(28-19)27-12-18(24)21-14(3)17-5-4-10-25-17/h4-10,13-14H,11-12H2,1-3H3,(H,21,24). The van der Waals surface area contributed by atoms with Crippen molar-refractivity contribution in [2.45, 2.75) is 47.2 Å². The average molecular weight is 450 g/mol. The van der Waals surface area contributed by atoms with E-state index in [9.17, 15) is 4.79 Å². The molecule has 1 atom stereocenters. The zero-order valence-electron chi connectivity index (χ0n) is 16.0. The van der Waals surface area contributed by atoms with Crippen molar-refractivity contribution in [1.82, 2.24) is 15.5 Å². The van der Waals surface area contributed by atoms with E-state index < -0.39 is 0 Å². The van der Waals surface area contributed by atoms with Crippen molar-refractivity contribution in [1.29, 1.82) is 0 Å². The topological polar surface area (TPSA) is 54.9 Å². The van der Waals surface area contributed by atoms with E-state index in [4.69, 9.17) is 0 Å². The largest absolute Gasteiger partial charge is 0.348 e. The van der Waals surface area contributed by atoms with Gasteiger partial charge in [-0.1, -0.05) is 79.0 Å². The third kappa shape index (κ3) is 6.34. The molecule has 1 unspecified atom stereocenters. The molecule has 0 aliphatic carbocycles. The van der Waals surface area contributed by atoms with E-state index in [1.165, 1.54) is 22.9 Å². The maximum absolute atomic E-state index is 12.1. The average Bonchev–Trinajstić information content (AvgIpc) is 3.37. The molecule has 28 heavy (non-hydrogen) atoms. The number of carbonyl (C=O) groups excluding carboxylic acids is 1. The van der Waals surface area contributed by atoms with Gasteiger partial charge in [-0.15, -0.1) is 21.5 Å². The fraction of sp³-hybridized carbons (Fsp3) is 0.350. The molecule has 8 heteroatoms. The first-order valence-corrected chi connectivity index (χ1v) is 12.7. The summed E-state index contributed by atoms with van der Waals surface area (Å²) in [6.07, 6.45) is 0. The van der Waals surface area contributed by atoms with Gasteiger partial charge in [-0.25, -0.2) is 0 Å². The lowest BCUT2D eigenvalue weighted by Crippen LogP contribution is -2.27. The second kappa shape index (κ2) is 10.4. The van der Waals surface area contributed by atoms with E-state index in [0.717, 1.165) is 19.3 Å². The number of carbonyl (C=O) groups is 1. The van der Waals surface area contributed by atoms with Crippen LogP contribution in [0.1, 0.15) is 48.7 Å². The van der Waals surface area contributed by atoms with Crippen molar-refractivity contribution in [2.75, 3.05) is 5.75 Å². The molecule has 1 N–H and O–H groups in total. The second-order valence-corrected chi connectivity index (χ2v) is 11.0. The Morgan fingerprint density at radius 3 is 2.43 bits per heavy atom. The molecule has 3 rings (SSSR count). The highest BCUT2D eigenvalue weighted by Crippen LogP contribution is 2.31. The summed E-state index contributed by atoms with van der Waals surface area (Å²) in [7, 11) is 0. The lowest BCUT2D eigenvalue weighted by molar-refractivity contribution is -0.119. The van der Waals surface area contributed by atoms with Crippen LogP contribution in [0.25, 0.3) is 0 Å². The maximum atomic E-state index is 12.1. The number of amides is 1. The molecule has 0 saturated heterocycles. The molecule has 0 saturated carbocycles. The molecule has 1 amide bonds. The summed E-state index contributed by atoms with van der Waals surface area (Å²) in [6.45, 7) is 6.41. The summed E-state index contributed by atoms with van der Waals surface area (Å²) >= 11 is 6.32. The fourth-order valence-electron chi connectivity index (χ4n) is 2.48. The molecular weight excluding hydrogens is 427 g/mol. The third-order valence-electron chi connectivity index (χ3n) is 4.07. The maximum Gasteiger partial charge on any atom is 0.230 e. The molecule has 0 aliphatic rings. The Morgan fingerprint density at radius 1 is 1.07 bits per heavy atom. The second-order valence-electron chi connectivity index (χ2n) is 6.61. The highest BCUT2D eigenvalue weighted by atomic mass is 32.2. The van der Waals surface area contributed by atoms with Crippen molar-refractivity contribution < 1.29 is 4.79 Å². The predicted molar refractivity (Wildman–Crippen MR) is 122 cm³/mol. The van der Waals surface area contributed by atoms with E-state index in [0.29, 0.717) is 11.7 Å². The van der Waals surface area contributed by atoms with E-state index in [1.807, 2.05) is 24.4 Å². The number of nitrogens with zero attached hydrogens (tertiary/aromatic N) is 2. The SMILES string of the molecule is CC(C)c1ccc(CSc2nnc(SCC(=O)NC(C)c3cccs3)s2)cc1. The minimum absolute atomic E-state index is 0.0144. The molecule has 0 aliphatic heterocycles. The first-order chi connectivity index (χ1) is 13.5. The molecule has 2 heterocycles. The Balaban J connectivity index is 1.43. The summed E-state index contributed by atoms with van der Waals surface area (Å²) in [5, 5.41) is 13.5. The van der Waals surface area contributed by atoms with Crippen LogP contribution in [-0.2, 0) is 10.5 Å². The number of thioether (sulfide) groups is 2. The normalized spacial score (nSPS) is 12.3. The van der Waals surface area contributed by atoms with Crippen LogP contribution in [0.3, 0.4) is 0 Å². The van der Waals surface area contributed by atoms with Gasteiger partial charge in [0.05, 0.1) is 11.8 Å². The van der Waals surface area contributed by atoms with Crippen LogP contribution >= 0.6 is 46.2 Å². The Hall–Kier alpha value is -1.35. The van der Waals surface area contributed by atoms with Crippen LogP contribution in [0.5, 0.6) is 0 Å². The van der Waals surface area contributed by atoms with Gasteiger partial charge >= 0.3 is 0 Å². The highest BCUT2D eigenvalue weighted by Gasteiger charge is 2.12. The van der Waals surface area contributed by atoms with Crippen molar-refractivity contribution in [2.24, 2.45) is 0 Å². The molecule has 0 radical (unpaired) electrons. The molecule has 0 fully saturated rings. The Bertz CT molecular complexity index is 875. The number of rotatable bonds is 9. The number of nitrogens with one attached hydrogen (secondary N) is 1. The minimum atomic E-state index is 0.0144. The minimum Gasteiger partial charge on any atom is -0.348 e. The summed E-state index contributed by atoms with van der Waals surface area (Å²) in [4.78, 5) is 13.3. The van der Waals surface area contributed by atoms with Crippen LogP contribution in [0, 0.1) is 0 Å². The molecule has 0 spiro atoms. The van der Waals surface area contributed by atoms with Gasteiger partial charge in [0.1, 0.15) is 0 Å². The monoisotopic (exact) mass is 449 g/mol. The van der Waals surface area contributed by atoms with Crippen LogP contribution < -0.4 is 5.32 Å². The van der Waals surface area contributed by atoms with Gasteiger partial charge in [-0.05, 0) is 35.4 Å². The van der Waals surface area contributed by atoms with E-state index in [-0.39, 0.29) is 11.9 Å². The number of hydrogen-bond donors (Lipinski definition) is 1. The summed E-state index contributed by atoms with van der Waals surface area (Å²) < 4.78 is 1.76. The van der Waals surface area contributed by atoms with Gasteiger partial charge in [-0.3, -0.25) is 4.79 Å². The number of aromatic nitrogens is 2. The van der Waals surface area contributed by atoms with E-state index in [2.05, 4.69) is 53.6 Å². The highest BCUT2D eigenvalue weighted by molar-refractivity contribution is 8.03. The smallest absolute Gasteiger partial charge is 0.230 e. The van der Waals surface area contributed by atoms with Crippen molar-refractivity contribution in [3.8, 4) is 0 Å². The Morgan fingerprint density at radius 2 is 1.79 bits per heavy atom.